The van der Waals surface area contributed by atoms with Crippen LogP contribution in [0.2, 0.25) is 0 Å². The summed E-state index contributed by atoms with van der Waals surface area (Å²) in [6.07, 6.45) is 0.279. The van der Waals surface area contributed by atoms with Gasteiger partial charge in [-0.2, -0.15) is 0 Å². The predicted octanol–water partition coefficient (Wildman–Crippen LogP) is -0.255. The molecule has 0 aromatic rings. The molecule has 1 aliphatic heterocycles. The Labute approximate surface area is 81.1 Å². The van der Waals surface area contributed by atoms with Crippen LogP contribution in [-0.4, -0.2) is 53.0 Å². The Hall–Kier alpha value is -1.59. The highest BCUT2D eigenvalue weighted by Gasteiger charge is 2.32. The minimum atomic E-state index is -0.919. The van der Waals surface area contributed by atoms with Gasteiger partial charge in [0.1, 0.15) is 6.54 Å². The summed E-state index contributed by atoms with van der Waals surface area (Å²) in [5.74, 6) is -1.18. The molecule has 0 aliphatic carbocycles. The molecule has 6 nitrogen and oxygen atoms in total. The first-order valence-electron chi connectivity index (χ1n) is 4.29. The number of nitrogens with zero attached hydrogens (tertiary/aromatic N) is 2. The van der Waals surface area contributed by atoms with E-state index in [1.807, 2.05) is 0 Å². The lowest BCUT2D eigenvalue weighted by atomic mass is 10.3. The van der Waals surface area contributed by atoms with Gasteiger partial charge < -0.3 is 10.0 Å². The number of aliphatic carboxylic acids is 1. The molecule has 1 aliphatic rings. The number of amides is 3. The number of carbonyl (C=O) groups is 3. The second-order valence-electron chi connectivity index (χ2n) is 3.18. The first kappa shape index (κ1) is 10.5. The molecule has 0 aromatic heterocycles. The Bertz CT molecular complexity index is 277. The molecule has 0 unspecified atom stereocenters. The van der Waals surface area contributed by atoms with Gasteiger partial charge in [-0.1, -0.05) is 0 Å². The first-order valence-corrected chi connectivity index (χ1v) is 4.29. The van der Waals surface area contributed by atoms with Gasteiger partial charge in [-0.05, 0) is 6.42 Å². The average Bonchev–Trinajstić information content (AvgIpc) is 2.31. The van der Waals surface area contributed by atoms with Crippen LogP contribution in [0.3, 0.4) is 0 Å². The molecule has 0 radical (unpaired) electrons. The van der Waals surface area contributed by atoms with Gasteiger partial charge in [0.05, 0.1) is 0 Å². The molecule has 1 rings (SSSR count). The second-order valence-corrected chi connectivity index (χ2v) is 3.18. The molecular weight excluding hydrogens is 188 g/mol. The maximum absolute atomic E-state index is 11.3. The lowest BCUT2D eigenvalue weighted by Gasteiger charge is -2.12. The number of likely N-dealkylation sites (N-methyl/N-ethyl adjacent to an activating group) is 1. The zero-order valence-electron chi connectivity index (χ0n) is 7.89. The van der Waals surface area contributed by atoms with E-state index < -0.39 is 5.97 Å². The van der Waals surface area contributed by atoms with Crippen molar-refractivity contribution in [2.75, 3.05) is 20.1 Å². The Morgan fingerprint density at radius 2 is 2.14 bits per heavy atom. The average molecular weight is 200 g/mol. The summed E-state index contributed by atoms with van der Waals surface area (Å²) in [6, 6.07) is -0.347. The van der Waals surface area contributed by atoms with Crippen molar-refractivity contribution >= 4 is 17.9 Å². The van der Waals surface area contributed by atoms with Crippen LogP contribution >= 0.6 is 0 Å². The van der Waals surface area contributed by atoms with Gasteiger partial charge in [-0.15, -0.1) is 0 Å². The third kappa shape index (κ3) is 2.21. The maximum atomic E-state index is 11.3. The molecule has 1 heterocycles. The zero-order chi connectivity index (χ0) is 10.7. The zero-order valence-corrected chi connectivity index (χ0v) is 7.89. The Balaban J connectivity index is 2.41. The summed E-state index contributed by atoms with van der Waals surface area (Å²) in [7, 11) is 1.54. The number of carboxylic acids is 1. The van der Waals surface area contributed by atoms with Crippen molar-refractivity contribution in [1.29, 1.82) is 0 Å². The quantitative estimate of drug-likeness (QED) is 0.634. The molecule has 0 atom stereocenters. The molecule has 0 bridgehead atoms. The summed E-state index contributed by atoms with van der Waals surface area (Å²) >= 11 is 0. The maximum Gasteiger partial charge on any atom is 0.326 e. The summed E-state index contributed by atoms with van der Waals surface area (Å²) < 4.78 is 0. The summed E-state index contributed by atoms with van der Waals surface area (Å²) in [5.41, 5.74) is 0. The van der Waals surface area contributed by atoms with E-state index in [0.29, 0.717) is 6.42 Å². The van der Waals surface area contributed by atoms with Crippen LogP contribution in [0, 0.1) is 0 Å². The highest BCUT2D eigenvalue weighted by molar-refractivity contribution is 6.01. The second kappa shape index (κ2) is 4.08. The van der Waals surface area contributed by atoms with Crippen LogP contribution in [0.5, 0.6) is 0 Å². The van der Waals surface area contributed by atoms with Gasteiger partial charge in [0, 0.05) is 20.0 Å². The topological polar surface area (TPSA) is 77.9 Å². The van der Waals surface area contributed by atoms with E-state index in [2.05, 4.69) is 0 Å². The van der Waals surface area contributed by atoms with E-state index in [1.54, 1.807) is 0 Å². The third-order valence-electron chi connectivity index (χ3n) is 2.00. The lowest BCUT2D eigenvalue weighted by Crippen LogP contribution is -2.32. The highest BCUT2D eigenvalue weighted by atomic mass is 16.4. The summed E-state index contributed by atoms with van der Waals surface area (Å²) in [4.78, 5) is 35.1. The molecule has 1 N–H and O–H groups in total. The Kier molecular flexibility index (Phi) is 3.06. The minimum Gasteiger partial charge on any atom is -0.481 e. The van der Waals surface area contributed by atoms with Gasteiger partial charge in [0.15, 0.2) is 0 Å². The predicted molar refractivity (Wildman–Crippen MR) is 46.6 cm³/mol. The number of carbonyl (C=O) groups excluding carboxylic acids is 2. The van der Waals surface area contributed by atoms with E-state index in [-0.39, 0.29) is 31.4 Å². The molecule has 0 spiro atoms. The van der Waals surface area contributed by atoms with Gasteiger partial charge in [0.2, 0.25) is 5.91 Å². The first-order chi connectivity index (χ1) is 6.52. The molecule has 3 amide bonds. The van der Waals surface area contributed by atoms with Crippen LogP contribution in [0.25, 0.3) is 0 Å². The van der Waals surface area contributed by atoms with Crippen molar-refractivity contribution in [3.05, 3.63) is 0 Å². The van der Waals surface area contributed by atoms with Crippen LogP contribution in [-0.2, 0) is 9.59 Å². The van der Waals surface area contributed by atoms with Crippen LogP contribution in [0.15, 0.2) is 0 Å². The minimum absolute atomic E-state index is 0.0270. The lowest BCUT2D eigenvalue weighted by molar-refractivity contribution is -0.137. The Morgan fingerprint density at radius 3 is 2.57 bits per heavy atom. The third-order valence-corrected chi connectivity index (χ3v) is 2.00. The van der Waals surface area contributed by atoms with Crippen LogP contribution < -0.4 is 0 Å². The smallest absolute Gasteiger partial charge is 0.326 e. The van der Waals surface area contributed by atoms with Crippen molar-refractivity contribution in [2.45, 2.75) is 12.8 Å². The van der Waals surface area contributed by atoms with Crippen molar-refractivity contribution in [3.63, 3.8) is 0 Å². The number of hydrogen-bond acceptors (Lipinski definition) is 3. The largest absolute Gasteiger partial charge is 0.481 e. The van der Waals surface area contributed by atoms with Gasteiger partial charge in [-0.3, -0.25) is 14.5 Å². The molecule has 14 heavy (non-hydrogen) atoms. The molecule has 1 fully saturated rings. The van der Waals surface area contributed by atoms with E-state index in [0.717, 1.165) is 4.90 Å². The standard InChI is InChI=1S/C8H12N2O4/c1-9-5-6(11)10(8(9)14)4-2-3-7(12)13/h2-5H2,1H3,(H,12,13). The van der Waals surface area contributed by atoms with Crippen molar-refractivity contribution in [2.24, 2.45) is 0 Å². The monoisotopic (exact) mass is 200 g/mol. The number of imide groups is 1. The van der Waals surface area contributed by atoms with E-state index in [4.69, 9.17) is 5.11 Å². The van der Waals surface area contributed by atoms with E-state index >= 15 is 0 Å². The van der Waals surface area contributed by atoms with Crippen molar-refractivity contribution in [3.8, 4) is 0 Å². The molecule has 6 heteroatoms. The fraction of sp³-hybridized carbons (Fsp3) is 0.625. The number of rotatable bonds is 4. The summed E-state index contributed by atoms with van der Waals surface area (Å²) in [5, 5.41) is 8.37. The van der Waals surface area contributed by atoms with Crippen LogP contribution in [0.4, 0.5) is 4.79 Å². The number of carboxylic acid groups (broad SMARTS) is 1. The fourth-order valence-electron chi connectivity index (χ4n) is 1.28. The molecule has 78 valence electrons. The van der Waals surface area contributed by atoms with Gasteiger partial charge in [-0.25, -0.2) is 4.79 Å². The van der Waals surface area contributed by atoms with Gasteiger partial charge in [0.25, 0.3) is 0 Å². The van der Waals surface area contributed by atoms with Crippen molar-refractivity contribution < 1.29 is 19.5 Å². The summed E-state index contributed by atoms with van der Waals surface area (Å²) in [6.45, 7) is 0.278. The normalized spacial score (nSPS) is 16.6. The number of urea groups is 1. The fourth-order valence-corrected chi connectivity index (χ4v) is 1.28. The van der Waals surface area contributed by atoms with Crippen LogP contribution in [0.1, 0.15) is 12.8 Å². The van der Waals surface area contributed by atoms with E-state index in [9.17, 15) is 14.4 Å². The van der Waals surface area contributed by atoms with E-state index in [1.165, 1.54) is 11.9 Å². The number of hydrogen-bond donors (Lipinski definition) is 1. The highest BCUT2D eigenvalue weighted by Crippen LogP contribution is 2.08. The van der Waals surface area contributed by atoms with Crippen molar-refractivity contribution in [1.82, 2.24) is 9.80 Å². The molecule has 1 saturated heterocycles. The molecule has 0 saturated carbocycles. The molecule has 0 aromatic carbocycles. The molecular formula is C8H12N2O4. The van der Waals surface area contributed by atoms with Gasteiger partial charge >= 0.3 is 12.0 Å². The SMILES string of the molecule is CN1CC(=O)N(CCCC(=O)O)C1=O. The Morgan fingerprint density at radius 1 is 1.50 bits per heavy atom.